The molecule has 0 unspecified atom stereocenters. The maximum absolute atomic E-state index is 10.6. The lowest BCUT2D eigenvalue weighted by Gasteiger charge is -2.02. The Hall–Kier alpha value is -2.74. The highest BCUT2D eigenvalue weighted by atomic mass is 16.7. The van der Waals surface area contributed by atoms with Gasteiger partial charge in [0, 0.05) is 11.6 Å². The Balaban J connectivity index is 2.16. The molecule has 1 aromatic heterocycles. The smallest absolute Gasteiger partial charge is 0.231 e. The van der Waals surface area contributed by atoms with E-state index in [1.54, 1.807) is 24.3 Å². The van der Waals surface area contributed by atoms with Gasteiger partial charge in [0.2, 0.25) is 6.79 Å². The number of nitriles is 1. The molecule has 1 aliphatic heterocycles. The molecule has 0 spiro atoms. The number of hydrogen-bond donors (Lipinski definition) is 0. The first-order valence-electron chi connectivity index (χ1n) is 5.21. The highest BCUT2D eigenvalue weighted by Gasteiger charge is 2.19. The van der Waals surface area contributed by atoms with Crippen molar-refractivity contribution in [3.05, 3.63) is 35.6 Å². The number of ether oxygens (including phenoxy) is 2. The van der Waals surface area contributed by atoms with Crippen LogP contribution in [0.2, 0.25) is 0 Å². The van der Waals surface area contributed by atoms with Crippen LogP contribution in [0.4, 0.5) is 0 Å². The van der Waals surface area contributed by atoms with E-state index in [1.807, 2.05) is 0 Å². The van der Waals surface area contributed by atoms with Crippen LogP contribution in [0.15, 0.2) is 28.7 Å². The third kappa shape index (κ3) is 1.52. The molecule has 1 aliphatic rings. The minimum absolute atomic E-state index is 0.140. The van der Waals surface area contributed by atoms with E-state index < -0.39 is 0 Å². The Morgan fingerprint density at radius 1 is 1.22 bits per heavy atom. The summed E-state index contributed by atoms with van der Waals surface area (Å²) >= 11 is 0. The first-order chi connectivity index (χ1) is 8.81. The van der Waals surface area contributed by atoms with Crippen molar-refractivity contribution in [2.24, 2.45) is 0 Å². The molecule has 5 nitrogen and oxygen atoms in total. The number of carbonyl (C=O) groups is 1. The zero-order chi connectivity index (χ0) is 12.5. The second-order valence-electron chi connectivity index (χ2n) is 3.68. The molecule has 18 heavy (non-hydrogen) atoms. The summed E-state index contributed by atoms with van der Waals surface area (Å²) in [6.07, 6.45) is 0.614. The van der Waals surface area contributed by atoms with Crippen LogP contribution in [-0.2, 0) is 0 Å². The monoisotopic (exact) mass is 241 g/mol. The third-order valence-corrected chi connectivity index (χ3v) is 2.64. The summed E-state index contributed by atoms with van der Waals surface area (Å²) in [4.78, 5) is 10.6. The van der Waals surface area contributed by atoms with Gasteiger partial charge in [-0.05, 0) is 18.2 Å². The van der Waals surface area contributed by atoms with Crippen LogP contribution in [0.25, 0.3) is 11.3 Å². The van der Waals surface area contributed by atoms with Gasteiger partial charge in [-0.1, -0.05) is 0 Å². The van der Waals surface area contributed by atoms with Gasteiger partial charge < -0.3 is 13.9 Å². The third-order valence-electron chi connectivity index (χ3n) is 2.64. The summed E-state index contributed by atoms with van der Waals surface area (Å²) in [6, 6.07) is 8.53. The van der Waals surface area contributed by atoms with E-state index >= 15 is 0 Å². The van der Waals surface area contributed by atoms with Crippen LogP contribution in [0.3, 0.4) is 0 Å². The standard InChI is InChI=1S/C13H7NO4/c14-5-8-3-12-13(17-7-16-12)4-10(8)11-2-1-9(6-15)18-11/h1-4,6H,7H2. The lowest BCUT2D eigenvalue weighted by molar-refractivity contribution is 0.110. The molecule has 0 atom stereocenters. The molecule has 0 saturated heterocycles. The summed E-state index contributed by atoms with van der Waals surface area (Å²) in [6.45, 7) is 0.140. The summed E-state index contributed by atoms with van der Waals surface area (Å²) in [7, 11) is 0. The largest absolute Gasteiger partial charge is 0.454 e. The number of fused-ring (bicyclic) bond motifs is 1. The van der Waals surface area contributed by atoms with Crippen LogP contribution in [-0.4, -0.2) is 13.1 Å². The van der Waals surface area contributed by atoms with E-state index in [9.17, 15) is 4.79 Å². The van der Waals surface area contributed by atoms with Gasteiger partial charge in [0.25, 0.3) is 0 Å². The molecule has 2 aromatic rings. The normalized spacial score (nSPS) is 12.2. The Morgan fingerprint density at radius 3 is 2.67 bits per heavy atom. The summed E-state index contributed by atoms with van der Waals surface area (Å²) in [5.41, 5.74) is 0.987. The molecule has 0 N–H and O–H groups in total. The highest BCUT2D eigenvalue weighted by molar-refractivity contribution is 5.75. The number of carbonyl (C=O) groups excluding carboxylic acids is 1. The van der Waals surface area contributed by atoms with Crippen LogP contribution >= 0.6 is 0 Å². The molecule has 0 saturated carbocycles. The minimum Gasteiger partial charge on any atom is -0.454 e. The molecule has 0 amide bonds. The van der Waals surface area contributed by atoms with Gasteiger partial charge in [0.05, 0.1) is 5.56 Å². The van der Waals surface area contributed by atoms with Crippen molar-refractivity contribution in [1.82, 2.24) is 0 Å². The number of furan rings is 1. The fourth-order valence-electron chi connectivity index (χ4n) is 1.80. The predicted molar refractivity (Wildman–Crippen MR) is 60.4 cm³/mol. The first kappa shape index (κ1) is 10.4. The Kier molecular flexibility index (Phi) is 2.27. The summed E-state index contributed by atoms with van der Waals surface area (Å²) in [5.74, 6) is 1.77. The SMILES string of the molecule is N#Cc1cc2c(cc1-c1ccc(C=O)o1)OCO2. The fraction of sp³-hybridized carbons (Fsp3) is 0.0769. The number of aldehydes is 1. The molecule has 3 rings (SSSR count). The van der Waals surface area contributed by atoms with Crippen molar-refractivity contribution >= 4 is 6.29 Å². The Morgan fingerprint density at radius 2 is 2.00 bits per heavy atom. The quantitative estimate of drug-likeness (QED) is 0.754. The lowest BCUT2D eigenvalue weighted by Crippen LogP contribution is -1.92. The predicted octanol–water partition coefficient (Wildman–Crippen LogP) is 2.36. The maximum atomic E-state index is 10.6. The molecule has 2 heterocycles. The maximum Gasteiger partial charge on any atom is 0.231 e. The van der Waals surface area contributed by atoms with E-state index in [4.69, 9.17) is 19.2 Å². The first-order valence-corrected chi connectivity index (χ1v) is 5.21. The average molecular weight is 241 g/mol. The zero-order valence-electron chi connectivity index (χ0n) is 9.17. The summed E-state index contributed by atoms with van der Waals surface area (Å²) in [5, 5.41) is 9.12. The minimum atomic E-state index is 0.140. The molecule has 0 bridgehead atoms. The molecule has 88 valence electrons. The van der Waals surface area contributed by atoms with Crippen LogP contribution in [0.5, 0.6) is 11.5 Å². The van der Waals surface area contributed by atoms with Crippen LogP contribution < -0.4 is 9.47 Å². The number of rotatable bonds is 2. The molecule has 5 heteroatoms. The van der Waals surface area contributed by atoms with Crippen molar-refractivity contribution in [3.63, 3.8) is 0 Å². The van der Waals surface area contributed by atoms with E-state index in [-0.39, 0.29) is 12.6 Å². The van der Waals surface area contributed by atoms with Gasteiger partial charge in [-0.25, -0.2) is 0 Å². The molecule has 1 aromatic carbocycles. The van der Waals surface area contributed by atoms with Gasteiger partial charge >= 0.3 is 0 Å². The van der Waals surface area contributed by atoms with Gasteiger partial charge in [0.15, 0.2) is 23.5 Å². The van der Waals surface area contributed by atoms with E-state index in [0.29, 0.717) is 34.7 Å². The van der Waals surface area contributed by atoms with Crippen molar-refractivity contribution in [1.29, 1.82) is 5.26 Å². The van der Waals surface area contributed by atoms with Crippen LogP contribution in [0.1, 0.15) is 16.1 Å². The van der Waals surface area contributed by atoms with Crippen molar-refractivity contribution in [3.8, 4) is 28.9 Å². The molecule has 0 aliphatic carbocycles. The van der Waals surface area contributed by atoms with Crippen molar-refractivity contribution in [2.45, 2.75) is 0 Å². The topological polar surface area (TPSA) is 72.5 Å². The molecular weight excluding hydrogens is 234 g/mol. The second kappa shape index (κ2) is 3.93. The Labute approximate surface area is 102 Å². The molecule has 0 fully saturated rings. The van der Waals surface area contributed by atoms with Crippen molar-refractivity contribution < 1.29 is 18.7 Å². The molecule has 0 radical (unpaired) electrons. The zero-order valence-corrected chi connectivity index (χ0v) is 9.17. The number of nitrogens with zero attached hydrogens (tertiary/aromatic N) is 1. The molecular formula is C13H7NO4. The van der Waals surface area contributed by atoms with Crippen LogP contribution in [0, 0.1) is 11.3 Å². The van der Waals surface area contributed by atoms with Gasteiger partial charge in [-0.15, -0.1) is 0 Å². The average Bonchev–Trinajstić information content (AvgIpc) is 3.05. The Bertz CT molecular complexity index is 666. The summed E-state index contributed by atoms with van der Waals surface area (Å²) < 4.78 is 15.8. The lowest BCUT2D eigenvalue weighted by atomic mass is 10.1. The number of benzene rings is 1. The van der Waals surface area contributed by atoms with Gasteiger partial charge in [0.1, 0.15) is 11.8 Å². The van der Waals surface area contributed by atoms with Crippen molar-refractivity contribution in [2.75, 3.05) is 6.79 Å². The highest BCUT2D eigenvalue weighted by Crippen LogP contribution is 2.38. The van der Waals surface area contributed by atoms with E-state index in [1.165, 1.54) is 0 Å². The fourth-order valence-corrected chi connectivity index (χ4v) is 1.80. The number of hydrogen-bond acceptors (Lipinski definition) is 5. The van der Waals surface area contributed by atoms with Gasteiger partial charge in [-0.2, -0.15) is 5.26 Å². The second-order valence-corrected chi connectivity index (χ2v) is 3.68. The van der Waals surface area contributed by atoms with E-state index in [2.05, 4.69) is 6.07 Å². The van der Waals surface area contributed by atoms with Gasteiger partial charge in [-0.3, -0.25) is 4.79 Å². The van der Waals surface area contributed by atoms with E-state index in [0.717, 1.165) is 0 Å².